The average Bonchev–Trinajstić information content (AvgIpc) is 2.99. The molecule has 1 rings (SSSR count). The standard InChI is InChI=1S/C11H17NO6.C8H16O3/c13-6-2-8-17-7-1-3-11(16)18-12-9(14)4-5-10(12)15;1-8(10)4-2-6-11-7-3-5-9/h13H,1-8H2;9H,2-7H2,1H3. The first-order valence-electron chi connectivity index (χ1n) is 9.85. The van der Waals surface area contributed by atoms with Crippen LogP contribution >= 0.6 is 0 Å². The molecule has 0 aromatic carbocycles. The Morgan fingerprint density at radius 1 is 0.828 bits per heavy atom. The normalized spacial score (nSPS) is 13.3. The summed E-state index contributed by atoms with van der Waals surface area (Å²) in [5.74, 6) is -1.37. The van der Waals surface area contributed by atoms with Gasteiger partial charge in [0.05, 0.1) is 6.42 Å². The number of aliphatic hydroxyl groups is 2. The number of nitrogens with zero attached hydrogens (tertiary/aromatic N) is 1. The minimum Gasteiger partial charge on any atom is -0.396 e. The lowest BCUT2D eigenvalue weighted by atomic mass is 10.2. The minimum absolute atomic E-state index is 0.0707. The summed E-state index contributed by atoms with van der Waals surface area (Å²) in [5, 5.41) is 17.4. The lowest BCUT2D eigenvalue weighted by Crippen LogP contribution is -2.32. The summed E-state index contributed by atoms with van der Waals surface area (Å²) in [6, 6.07) is 0. The van der Waals surface area contributed by atoms with Crippen molar-refractivity contribution in [2.75, 3.05) is 39.6 Å². The van der Waals surface area contributed by atoms with Gasteiger partial charge in [-0.1, -0.05) is 0 Å². The quantitative estimate of drug-likeness (QED) is 0.287. The van der Waals surface area contributed by atoms with Crippen LogP contribution in [0.1, 0.15) is 58.3 Å². The number of hydroxylamine groups is 2. The van der Waals surface area contributed by atoms with Gasteiger partial charge in [-0.15, -0.1) is 5.06 Å². The maximum atomic E-state index is 11.3. The maximum absolute atomic E-state index is 11.3. The lowest BCUT2D eigenvalue weighted by Gasteiger charge is -2.12. The van der Waals surface area contributed by atoms with Crippen molar-refractivity contribution in [2.24, 2.45) is 0 Å². The number of hydrogen-bond acceptors (Lipinski definition) is 9. The Labute approximate surface area is 171 Å². The highest BCUT2D eigenvalue weighted by atomic mass is 16.7. The zero-order valence-electron chi connectivity index (χ0n) is 17.1. The molecule has 0 unspecified atom stereocenters. The highest BCUT2D eigenvalue weighted by Crippen LogP contribution is 2.12. The van der Waals surface area contributed by atoms with Crippen molar-refractivity contribution in [1.29, 1.82) is 0 Å². The Morgan fingerprint density at radius 3 is 1.72 bits per heavy atom. The van der Waals surface area contributed by atoms with Gasteiger partial charge in [-0.2, -0.15) is 0 Å². The van der Waals surface area contributed by atoms with Gasteiger partial charge in [0.2, 0.25) is 0 Å². The maximum Gasteiger partial charge on any atom is 0.333 e. The number of carbonyl (C=O) groups is 4. The first-order valence-corrected chi connectivity index (χ1v) is 9.85. The van der Waals surface area contributed by atoms with E-state index in [1.54, 1.807) is 6.92 Å². The predicted molar refractivity (Wildman–Crippen MR) is 101 cm³/mol. The molecule has 0 radical (unpaired) electrons. The van der Waals surface area contributed by atoms with Crippen molar-refractivity contribution >= 4 is 23.6 Å². The molecule has 1 aliphatic rings. The second kappa shape index (κ2) is 18.2. The van der Waals surface area contributed by atoms with E-state index in [0.29, 0.717) is 57.2 Å². The van der Waals surface area contributed by atoms with E-state index in [2.05, 4.69) is 4.84 Å². The highest BCUT2D eigenvalue weighted by molar-refractivity contribution is 6.01. The fraction of sp³-hybridized carbons (Fsp3) is 0.789. The fourth-order valence-corrected chi connectivity index (χ4v) is 2.08. The molecule has 0 atom stereocenters. The van der Waals surface area contributed by atoms with Gasteiger partial charge in [0.1, 0.15) is 5.78 Å². The molecule has 0 spiro atoms. The summed E-state index contributed by atoms with van der Waals surface area (Å²) >= 11 is 0. The van der Waals surface area contributed by atoms with Gasteiger partial charge in [0, 0.05) is 58.9 Å². The Bertz CT molecular complexity index is 480. The molecule has 0 bridgehead atoms. The molecular weight excluding hydrogens is 386 g/mol. The number of rotatable bonds is 15. The molecule has 1 aliphatic heterocycles. The molecule has 0 aromatic heterocycles. The Hall–Kier alpha value is -1.88. The molecular formula is C19H33NO9. The van der Waals surface area contributed by atoms with Gasteiger partial charge in [-0.25, -0.2) is 4.79 Å². The first kappa shape index (κ1) is 27.1. The smallest absolute Gasteiger partial charge is 0.333 e. The van der Waals surface area contributed by atoms with Crippen LogP contribution in [-0.4, -0.2) is 78.5 Å². The van der Waals surface area contributed by atoms with Crippen molar-refractivity contribution in [3.8, 4) is 0 Å². The number of carbonyl (C=O) groups excluding carboxylic acids is 4. The van der Waals surface area contributed by atoms with Gasteiger partial charge < -0.3 is 29.3 Å². The van der Waals surface area contributed by atoms with E-state index < -0.39 is 17.8 Å². The largest absolute Gasteiger partial charge is 0.396 e. The fourth-order valence-electron chi connectivity index (χ4n) is 2.08. The molecule has 0 saturated carbocycles. The molecule has 1 heterocycles. The summed E-state index contributed by atoms with van der Waals surface area (Å²) in [6.45, 7) is 3.85. The molecule has 0 aromatic rings. The van der Waals surface area contributed by atoms with Crippen LogP contribution in [0.5, 0.6) is 0 Å². The second-order valence-electron chi connectivity index (χ2n) is 6.33. The zero-order chi connectivity index (χ0) is 21.9. The van der Waals surface area contributed by atoms with Crippen LogP contribution in [0.2, 0.25) is 0 Å². The van der Waals surface area contributed by atoms with Crippen LogP contribution in [0.3, 0.4) is 0 Å². The third kappa shape index (κ3) is 15.7. The molecule has 1 fully saturated rings. The van der Waals surface area contributed by atoms with Crippen LogP contribution < -0.4 is 0 Å². The van der Waals surface area contributed by atoms with Crippen LogP contribution in [-0.2, 0) is 33.5 Å². The SMILES string of the molecule is CC(=O)CCCOCCCO.O=C(CCCOCCCO)ON1C(=O)CCC1=O. The number of ether oxygens (including phenoxy) is 2. The van der Waals surface area contributed by atoms with Gasteiger partial charge in [-0.05, 0) is 32.6 Å². The summed E-state index contributed by atoms with van der Waals surface area (Å²) in [4.78, 5) is 48.7. The van der Waals surface area contributed by atoms with Gasteiger partial charge >= 0.3 is 5.97 Å². The third-order valence-corrected chi connectivity index (χ3v) is 3.58. The van der Waals surface area contributed by atoms with Crippen molar-refractivity contribution in [2.45, 2.75) is 58.3 Å². The molecule has 1 saturated heterocycles. The van der Waals surface area contributed by atoms with Gasteiger partial charge in [0.15, 0.2) is 0 Å². The lowest BCUT2D eigenvalue weighted by molar-refractivity contribution is -0.197. The number of hydrogen-bond donors (Lipinski definition) is 2. The highest BCUT2D eigenvalue weighted by Gasteiger charge is 2.32. The summed E-state index contributed by atoms with van der Waals surface area (Å²) < 4.78 is 10.2. The monoisotopic (exact) mass is 419 g/mol. The third-order valence-electron chi connectivity index (χ3n) is 3.58. The molecule has 2 amide bonds. The van der Waals surface area contributed by atoms with E-state index in [-0.39, 0.29) is 38.3 Å². The number of ketones is 1. The zero-order valence-corrected chi connectivity index (χ0v) is 17.1. The molecule has 168 valence electrons. The van der Waals surface area contributed by atoms with Crippen LogP contribution in [0.4, 0.5) is 0 Å². The van der Waals surface area contributed by atoms with E-state index in [1.807, 2.05) is 0 Å². The Kier molecular flexibility index (Phi) is 17.0. The van der Waals surface area contributed by atoms with E-state index >= 15 is 0 Å². The summed E-state index contributed by atoms with van der Waals surface area (Å²) in [7, 11) is 0. The van der Waals surface area contributed by atoms with Crippen molar-refractivity contribution in [3.05, 3.63) is 0 Å². The Balaban J connectivity index is 0.000000614. The summed E-state index contributed by atoms with van der Waals surface area (Å²) in [5.41, 5.74) is 0. The molecule has 10 nitrogen and oxygen atoms in total. The van der Waals surface area contributed by atoms with E-state index in [0.717, 1.165) is 6.42 Å². The first-order chi connectivity index (χ1) is 13.9. The predicted octanol–water partition coefficient (Wildman–Crippen LogP) is 0.527. The molecule has 2 N–H and O–H groups in total. The second-order valence-corrected chi connectivity index (χ2v) is 6.33. The minimum atomic E-state index is -0.621. The summed E-state index contributed by atoms with van der Waals surface area (Å²) in [6.07, 6.45) is 3.34. The Morgan fingerprint density at radius 2 is 1.28 bits per heavy atom. The molecule has 0 aliphatic carbocycles. The van der Waals surface area contributed by atoms with E-state index in [1.165, 1.54) is 0 Å². The number of Topliss-reactive ketones (excluding diaryl/α,β-unsaturated/α-hetero) is 1. The number of aliphatic hydroxyl groups excluding tert-OH is 2. The van der Waals surface area contributed by atoms with E-state index in [9.17, 15) is 19.2 Å². The number of imide groups is 1. The molecule has 29 heavy (non-hydrogen) atoms. The van der Waals surface area contributed by atoms with Crippen LogP contribution in [0, 0.1) is 0 Å². The topological polar surface area (TPSA) is 140 Å². The van der Waals surface area contributed by atoms with Crippen LogP contribution in [0.15, 0.2) is 0 Å². The van der Waals surface area contributed by atoms with Gasteiger partial charge in [0.25, 0.3) is 11.8 Å². The van der Waals surface area contributed by atoms with Gasteiger partial charge in [-0.3, -0.25) is 9.59 Å². The van der Waals surface area contributed by atoms with E-state index in [4.69, 9.17) is 19.7 Å². The average molecular weight is 419 g/mol. The van der Waals surface area contributed by atoms with Crippen molar-refractivity contribution in [3.63, 3.8) is 0 Å². The van der Waals surface area contributed by atoms with Crippen molar-refractivity contribution in [1.82, 2.24) is 5.06 Å². The number of amides is 2. The molecule has 10 heteroatoms. The van der Waals surface area contributed by atoms with Crippen LogP contribution in [0.25, 0.3) is 0 Å². The van der Waals surface area contributed by atoms with Crippen molar-refractivity contribution < 1.29 is 43.7 Å².